The molecule has 0 spiro atoms. The summed E-state index contributed by atoms with van der Waals surface area (Å²) in [4.78, 5) is 0. The van der Waals surface area contributed by atoms with Crippen molar-refractivity contribution in [1.82, 2.24) is 0 Å². The number of rotatable bonds is 0. The van der Waals surface area contributed by atoms with Gasteiger partial charge in [0.2, 0.25) is 0 Å². The van der Waals surface area contributed by atoms with Gasteiger partial charge in [-0.1, -0.05) is 13.8 Å². The van der Waals surface area contributed by atoms with Crippen LogP contribution in [0, 0.1) is 0 Å². The zero-order valence-electron chi connectivity index (χ0n) is 2.82. The van der Waals surface area contributed by atoms with Gasteiger partial charge < -0.3 is 0 Å². The molecule has 0 aliphatic carbocycles. The summed E-state index contributed by atoms with van der Waals surface area (Å²) in [5.74, 6) is 0. The standard InChI is InChI=1S/C2H6.2W/c1-2;;/h1-2H3;;. The van der Waals surface area contributed by atoms with Crippen LogP contribution in [0.2, 0.25) is 0 Å². The van der Waals surface area contributed by atoms with Crippen molar-refractivity contribution in [2.24, 2.45) is 0 Å². The Morgan fingerprint density at radius 1 is 0.750 bits per heavy atom. The Bertz CT molecular complexity index is 4.00. The molecule has 0 aromatic rings. The van der Waals surface area contributed by atoms with Crippen molar-refractivity contribution in [3.05, 3.63) is 0 Å². The molecule has 0 nitrogen and oxygen atoms in total. The Morgan fingerprint density at radius 2 is 0.750 bits per heavy atom. The van der Waals surface area contributed by atoms with E-state index in [1.165, 1.54) is 0 Å². The molecular weight excluding hydrogens is 392 g/mol. The normalized spacial score (nSPS) is 1.50. The average molecular weight is 398 g/mol. The van der Waals surface area contributed by atoms with Crippen LogP contribution in [0.15, 0.2) is 0 Å². The summed E-state index contributed by atoms with van der Waals surface area (Å²) in [5.41, 5.74) is 0. The molecule has 0 unspecified atom stereocenters. The summed E-state index contributed by atoms with van der Waals surface area (Å²) in [6.07, 6.45) is 0. The third-order valence-corrected chi connectivity index (χ3v) is 0. The molecule has 2 heteroatoms. The van der Waals surface area contributed by atoms with Gasteiger partial charge in [0, 0.05) is 42.1 Å². The zero-order chi connectivity index (χ0) is 2.00. The van der Waals surface area contributed by atoms with Gasteiger partial charge >= 0.3 is 0 Å². The Hall–Kier alpha value is 1.38. The van der Waals surface area contributed by atoms with Crippen LogP contribution in [0.25, 0.3) is 0 Å². The van der Waals surface area contributed by atoms with E-state index >= 15 is 0 Å². The van der Waals surface area contributed by atoms with Crippen LogP contribution < -0.4 is 0 Å². The Balaban J connectivity index is -0.00000000500. The van der Waals surface area contributed by atoms with E-state index in [9.17, 15) is 0 Å². The van der Waals surface area contributed by atoms with Crippen molar-refractivity contribution in [3.63, 3.8) is 0 Å². The van der Waals surface area contributed by atoms with E-state index in [1.54, 1.807) is 0 Å². The average Bonchev–Trinajstić information content (AvgIpc) is 1.00. The molecule has 0 aliphatic rings. The minimum Gasteiger partial charge on any atom is -0.0683 e. The summed E-state index contributed by atoms with van der Waals surface area (Å²) in [7, 11) is 0. The first-order chi connectivity index (χ1) is 1.00. The molecule has 0 saturated heterocycles. The molecule has 0 fully saturated rings. The van der Waals surface area contributed by atoms with E-state index in [2.05, 4.69) is 0 Å². The second-order valence-corrected chi connectivity index (χ2v) is 0. The second-order valence-electron chi connectivity index (χ2n) is 0. The first-order valence-corrected chi connectivity index (χ1v) is 1.00. The largest absolute Gasteiger partial charge is 0.0683 e. The topological polar surface area (TPSA) is 0 Å². The molecule has 0 aromatic carbocycles. The van der Waals surface area contributed by atoms with Crippen molar-refractivity contribution < 1.29 is 42.1 Å². The van der Waals surface area contributed by atoms with E-state index in [1.807, 2.05) is 13.8 Å². The van der Waals surface area contributed by atoms with E-state index in [0.29, 0.717) is 0 Å². The first-order valence-electron chi connectivity index (χ1n) is 1.00. The van der Waals surface area contributed by atoms with Gasteiger partial charge in [0.25, 0.3) is 0 Å². The zero-order valence-corrected chi connectivity index (χ0v) is 8.68. The summed E-state index contributed by atoms with van der Waals surface area (Å²) in [6.45, 7) is 4.00. The van der Waals surface area contributed by atoms with Crippen molar-refractivity contribution in [3.8, 4) is 0 Å². The Morgan fingerprint density at radius 3 is 0.750 bits per heavy atom. The fourth-order valence-electron chi connectivity index (χ4n) is 0. The Labute approximate surface area is 55.9 Å². The van der Waals surface area contributed by atoms with Gasteiger partial charge in [-0.25, -0.2) is 0 Å². The van der Waals surface area contributed by atoms with Crippen LogP contribution >= 0.6 is 0 Å². The smallest absolute Gasteiger partial charge is 0 e. The maximum atomic E-state index is 2.00. The van der Waals surface area contributed by atoms with Crippen LogP contribution in [0.3, 0.4) is 0 Å². The summed E-state index contributed by atoms with van der Waals surface area (Å²) >= 11 is 0. The first kappa shape index (κ1) is 18.2. The summed E-state index contributed by atoms with van der Waals surface area (Å²) in [6, 6.07) is 0. The maximum absolute atomic E-state index is 2.00. The molecule has 0 atom stereocenters. The van der Waals surface area contributed by atoms with Gasteiger partial charge in [0.1, 0.15) is 0 Å². The third kappa shape index (κ3) is 10.1. The van der Waals surface area contributed by atoms with Crippen molar-refractivity contribution in [1.29, 1.82) is 0 Å². The molecule has 0 aromatic heterocycles. The summed E-state index contributed by atoms with van der Waals surface area (Å²) < 4.78 is 0. The molecule has 0 bridgehead atoms. The quantitative estimate of drug-likeness (QED) is 0.573. The SMILES string of the molecule is CC.[W].[W]. The number of hydrogen-bond acceptors (Lipinski definition) is 0. The van der Waals surface area contributed by atoms with Gasteiger partial charge in [-0.15, -0.1) is 0 Å². The van der Waals surface area contributed by atoms with Gasteiger partial charge in [-0.05, 0) is 0 Å². The van der Waals surface area contributed by atoms with Crippen molar-refractivity contribution in [2.75, 3.05) is 0 Å². The molecular formula is C2H6W2. The fraction of sp³-hybridized carbons (Fsp3) is 1.00. The minimum atomic E-state index is 0. The summed E-state index contributed by atoms with van der Waals surface area (Å²) in [5, 5.41) is 0. The van der Waals surface area contributed by atoms with E-state index in [-0.39, 0.29) is 42.1 Å². The van der Waals surface area contributed by atoms with Crippen molar-refractivity contribution >= 4 is 0 Å². The monoisotopic (exact) mass is 398 g/mol. The molecule has 0 amide bonds. The van der Waals surface area contributed by atoms with Crippen LogP contribution in [-0.2, 0) is 42.1 Å². The minimum absolute atomic E-state index is 0. The predicted octanol–water partition coefficient (Wildman–Crippen LogP) is 1.02. The van der Waals surface area contributed by atoms with Crippen LogP contribution in [0.5, 0.6) is 0 Å². The number of hydrogen-bond donors (Lipinski definition) is 0. The maximum Gasteiger partial charge on any atom is 0 e. The van der Waals surface area contributed by atoms with Gasteiger partial charge in [-0.3, -0.25) is 0 Å². The van der Waals surface area contributed by atoms with Gasteiger partial charge in [-0.2, -0.15) is 0 Å². The molecule has 0 rings (SSSR count). The van der Waals surface area contributed by atoms with E-state index in [0.717, 1.165) is 0 Å². The van der Waals surface area contributed by atoms with Gasteiger partial charge in [0.05, 0.1) is 0 Å². The fourth-order valence-corrected chi connectivity index (χ4v) is 0. The van der Waals surface area contributed by atoms with Gasteiger partial charge in [0.15, 0.2) is 0 Å². The van der Waals surface area contributed by atoms with Crippen LogP contribution in [-0.4, -0.2) is 0 Å². The molecule has 4 heavy (non-hydrogen) atoms. The van der Waals surface area contributed by atoms with Crippen LogP contribution in [0.4, 0.5) is 0 Å². The van der Waals surface area contributed by atoms with E-state index in [4.69, 9.17) is 0 Å². The third-order valence-electron chi connectivity index (χ3n) is 0. The predicted molar refractivity (Wildman–Crippen MR) is 11.3 cm³/mol. The second kappa shape index (κ2) is 26.3. The Kier molecular flexibility index (Phi) is 120. The van der Waals surface area contributed by atoms with E-state index < -0.39 is 0 Å². The van der Waals surface area contributed by atoms with Crippen LogP contribution in [0.1, 0.15) is 13.8 Å². The molecule has 0 N–H and O–H groups in total. The molecule has 0 saturated carbocycles. The molecule has 0 aliphatic heterocycles. The molecule has 0 radical (unpaired) electrons. The molecule has 26 valence electrons. The molecule has 0 heterocycles. The van der Waals surface area contributed by atoms with Crippen molar-refractivity contribution in [2.45, 2.75) is 13.8 Å².